The molecule has 158 valence electrons. The first-order valence-electron chi connectivity index (χ1n) is 9.99. The fraction of sp³-hybridized carbons (Fsp3) is 0.250. The number of likely N-dealkylation sites (N-methyl/N-ethyl adjacent to an activating group) is 1. The first kappa shape index (κ1) is 21.8. The highest BCUT2D eigenvalue weighted by molar-refractivity contribution is 5.97. The van der Waals surface area contributed by atoms with Gasteiger partial charge < -0.3 is 9.64 Å². The summed E-state index contributed by atoms with van der Waals surface area (Å²) in [5, 5.41) is 13.3. The SMILES string of the molecule is C[C@H](OC(=O)c1cn(Cc2ccccc2)nc1-c1ccccc1)C(=O)N(C)CCC#N. The van der Waals surface area contributed by atoms with Crippen LogP contribution in [-0.2, 0) is 16.1 Å². The molecule has 0 N–H and O–H groups in total. The van der Waals surface area contributed by atoms with Crippen LogP contribution in [0.25, 0.3) is 11.3 Å². The van der Waals surface area contributed by atoms with Gasteiger partial charge in [-0.2, -0.15) is 10.4 Å². The van der Waals surface area contributed by atoms with E-state index in [2.05, 4.69) is 5.10 Å². The average molecular weight is 416 g/mol. The van der Waals surface area contributed by atoms with Gasteiger partial charge in [0.25, 0.3) is 5.91 Å². The van der Waals surface area contributed by atoms with Crippen molar-refractivity contribution in [2.45, 2.75) is 26.0 Å². The van der Waals surface area contributed by atoms with Crippen LogP contribution in [0.5, 0.6) is 0 Å². The maximum atomic E-state index is 13.0. The Morgan fingerprint density at radius 1 is 1.13 bits per heavy atom. The van der Waals surface area contributed by atoms with Gasteiger partial charge in [-0.25, -0.2) is 4.79 Å². The van der Waals surface area contributed by atoms with Crippen molar-refractivity contribution < 1.29 is 14.3 Å². The van der Waals surface area contributed by atoms with E-state index in [1.807, 2.05) is 66.7 Å². The maximum Gasteiger partial charge on any atom is 0.342 e. The van der Waals surface area contributed by atoms with Crippen LogP contribution in [0.1, 0.15) is 29.3 Å². The van der Waals surface area contributed by atoms with Crippen molar-refractivity contribution in [2.24, 2.45) is 0 Å². The van der Waals surface area contributed by atoms with Crippen molar-refractivity contribution in [3.05, 3.63) is 78.0 Å². The number of nitriles is 1. The Labute approximate surface area is 181 Å². The number of esters is 1. The Balaban J connectivity index is 1.83. The summed E-state index contributed by atoms with van der Waals surface area (Å²) < 4.78 is 7.15. The third kappa shape index (κ3) is 5.58. The minimum absolute atomic E-state index is 0.216. The van der Waals surface area contributed by atoms with E-state index in [0.29, 0.717) is 17.8 Å². The van der Waals surface area contributed by atoms with Crippen molar-refractivity contribution >= 4 is 11.9 Å². The fourth-order valence-electron chi connectivity index (χ4n) is 3.14. The summed E-state index contributed by atoms with van der Waals surface area (Å²) in [5.74, 6) is -0.978. The number of amides is 1. The van der Waals surface area contributed by atoms with Crippen LogP contribution in [0.4, 0.5) is 0 Å². The Morgan fingerprint density at radius 3 is 2.42 bits per heavy atom. The zero-order chi connectivity index (χ0) is 22.2. The molecular weight excluding hydrogens is 392 g/mol. The van der Waals surface area contributed by atoms with Gasteiger partial charge in [0, 0.05) is 25.4 Å². The van der Waals surface area contributed by atoms with Crippen molar-refractivity contribution in [3.63, 3.8) is 0 Å². The van der Waals surface area contributed by atoms with Gasteiger partial charge in [-0.3, -0.25) is 9.48 Å². The Bertz CT molecular complexity index is 1070. The molecular formula is C24H24N4O3. The Hall–Kier alpha value is -3.92. The van der Waals surface area contributed by atoms with Crippen LogP contribution >= 0.6 is 0 Å². The monoisotopic (exact) mass is 416 g/mol. The van der Waals surface area contributed by atoms with Crippen LogP contribution in [0.2, 0.25) is 0 Å². The molecule has 0 aliphatic carbocycles. The predicted octanol–water partition coefficient (Wildman–Crippen LogP) is 3.52. The minimum atomic E-state index is -0.975. The number of hydrogen-bond donors (Lipinski definition) is 0. The summed E-state index contributed by atoms with van der Waals surface area (Å²) in [6, 6.07) is 21.2. The number of benzene rings is 2. The minimum Gasteiger partial charge on any atom is -0.449 e. The second kappa shape index (κ2) is 10.2. The molecule has 1 amide bonds. The molecule has 2 aromatic carbocycles. The summed E-state index contributed by atoms with van der Waals surface area (Å²) in [6.07, 6.45) is 0.888. The first-order valence-corrected chi connectivity index (χ1v) is 9.99. The van der Waals surface area contributed by atoms with E-state index in [4.69, 9.17) is 10.00 Å². The molecule has 3 rings (SSSR count). The van der Waals surface area contributed by atoms with Gasteiger partial charge in [0.05, 0.1) is 19.0 Å². The van der Waals surface area contributed by atoms with Gasteiger partial charge in [0.2, 0.25) is 0 Å². The lowest BCUT2D eigenvalue weighted by atomic mass is 10.1. The molecule has 7 heteroatoms. The summed E-state index contributed by atoms with van der Waals surface area (Å²) >= 11 is 0. The lowest BCUT2D eigenvalue weighted by Gasteiger charge is -2.20. The third-order valence-corrected chi connectivity index (χ3v) is 4.78. The van der Waals surface area contributed by atoms with Crippen LogP contribution < -0.4 is 0 Å². The number of nitrogens with zero attached hydrogens (tertiary/aromatic N) is 4. The molecule has 1 heterocycles. The average Bonchev–Trinajstić information content (AvgIpc) is 3.22. The molecule has 0 fully saturated rings. The number of aromatic nitrogens is 2. The van der Waals surface area contributed by atoms with E-state index in [1.165, 1.54) is 11.8 Å². The highest BCUT2D eigenvalue weighted by Gasteiger charge is 2.25. The zero-order valence-electron chi connectivity index (χ0n) is 17.6. The highest BCUT2D eigenvalue weighted by Crippen LogP contribution is 2.23. The molecule has 0 bridgehead atoms. The number of rotatable bonds is 8. The zero-order valence-corrected chi connectivity index (χ0v) is 17.6. The number of hydrogen-bond acceptors (Lipinski definition) is 5. The molecule has 0 spiro atoms. The van der Waals surface area contributed by atoms with Crippen molar-refractivity contribution in [2.75, 3.05) is 13.6 Å². The van der Waals surface area contributed by atoms with Crippen molar-refractivity contribution in [1.29, 1.82) is 5.26 Å². The first-order chi connectivity index (χ1) is 15.0. The van der Waals surface area contributed by atoms with E-state index >= 15 is 0 Å². The summed E-state index contributed by atoms with van der Waals surface area (Å²) in [7, 11) is 1.58. The maximum absolute atomic E-state index is 13.0. The molecule has 1 atom stereocenters. The molecule has 3 aromatic rings. The number of carbonyl (C=O) groups is 2. The molecule has 7 nitrogen and oxygen atoms in total. The molecule has 0 radical (unpaired) electrons. The second-order valence-corrected chi connectivity index (χ2v) is 7.16. The van der Waals surface area contributed by atoms with E-state index in [-0.39, 0.29) is 18.9 Å². The fourth-order valence-corrected chi connectivity index (χ4v) is 3.14. The van der Waals surface area contributed by atoms with Gasteiger partial charge in [-0.1, -0.05) is 60.7 Å². The van der Waals surface area contributed by atoms with Gasteiger partial charge >= 0.3 is 5.97 Å². The van der Waals surface area contributed by atoms with Crippen LogP contribution in [0.3, 0.4) is 0 Å². The molecule has 0 saturated heterocycles. The molecule has 1 aromatic heterocycles. The number of carbonyl (C=O) groups excluding carboxylic acids is 2. The lowest BCUT2D eigenvalue weighted by Crippen LogP contribution is -2.37. The Morgan fingerprint density at radius 2 is 1.77 bits per heavy atom. The van der Waals surface area contributed by atoms with E-state index < -0.39 is 12.1 Å². The van der Waals surface area contributed by atoms with E-state index in [1.54, 1.807) is 17.9 Å². The van der Waals surface area contributed by atoms with E-state index in [9.17, 15) is 9.59 Å². The molecule has 31 heavy (non-hydrogen) atoms. The summed E-state index contributed by atoms with van der Waals surface area (Å²) in [5.41, 5.74) is 2.62. The second-order valence-electron chi connectivity index (χ2n) is 7.16. The van der Waals surface area contributed by atoms with Crippen LogP contribution in [0.15, 0.2) is 66.9 Å². The standard InChI is InChI=1S/C24H24N4O3/c1-18(23(29)27(2)15-9-14-25)31-24(30)21-17-28(16-19-10-5-3-6-11-19)26-22(21)20-12-7-4-8-13-20/h3-8,10-13,17-18H,9,15-16H2,1-2H3/t18-/m0/s1. The van der Waals surface area contributed by atoms with Crippen molar-refractivity contribution in [3.8, 4) is 17.3 Å². The highest BCUT2D eigenvalue weighted by atomic mass is 16.5. The van der Waals surface area contributed by atoms with Gasteiger partial charge in [0.1, 0.15) is 11.3 Å². The lowest BCUT2D eigenvalue weighted by molar-refractivity contribution is -0.138. The Kier molecular flexibility index (Phi) is 7.17. The van der Waals surface area contributed by atoms with Gasteiger partial charge in [-0.15, -0.1) is 0 Å². The summed E-state index contributed by atoms with van der Waals surface area (Å²) in [6.45, 7) is 2.31. The van der Waals surface area contributed by atoms with Gasteiger partial charge in [0.15, 0.2) is 6.10 Å². The number of ether oxygens (including phenoxy) is 1. The molecule has 0 aliphatic heterocycles. The topological polar surface area (TPSA) is 88.2 Å². The predicted molar refractivity (Wildman–Crippen MR) is 116 cm³/mol. The van der Waals surface area contributed by atoms with Gasteiger partial charge in [-0.05, 0) is 12.5 Å². The van der Waals surface area contributed by atoms with Crippen LogP contribution in [-0.4, -0.2) is 46.3 Å². The van der Waals surface area contributed by atoms with E-state index in [0.717, 1.165) is 11.1 Å². The quantitative estimate of drug-likeness (QED) is 0.524. The van der Waals surface area contributed by atoms with Crippen molar-refractivity contribution in [1.82, 2.24) is 14.7 Å². The molecule has 0 unspecified atom stereocenters. The smallest absolute Gasteiger partial charge is 0.342 e. The molecule has 0 saturated carbocycles. The normalized spacial score (nSPS) is 11.4. The largest absolute Gasteiger partial charge is 0.449 e. The third-order valence-electron chi connectivity index (χ3n) is 4.78. The summed E-state index contributed by atoms with van der Waals surface area (Å²) in [4.78, 5) is 26.8. The molecule has 0 aliphatic rings. The van der Waals surface area contributed by atoms with Crippen LogP contribution in [0, 0.1) is 11.3 Å².